The van der Waals surface area contributed by atoms with Gasteiger partial charge in [0.2, 0.25) is 10.0 Å². The number of rotatable bonds is 4. The van der Waals surface area contributed by atoms with E-state index in [1.807, 2.05) is 18.7 Å². The third kappa shape index (κ3) is 3.92. The quantitative estimate of drug-likeness (QED) is 0.570. The normalized spacial score (nSPS) is 18.5. The van der Waals surface area contributed by atoms with Gasteiger partial charge in [-0.3, -0.25) is 10.1 Å². The standard InChI is InChI=1S/C18H20ClN3O4S/c1-13-3-6-16(7-4-13)27(25,26)21-10-9-20(12-14(21)2)18-8-5-15(22(23)24)11-17(18)19/h3-8,11,14H,9-10,12H2,1-2H3. The van der Waals surface area contributed by atoms with Gasteiger partial charge >= 0.3 is 0 Å². The molecular formula is C18H20ClN3O4S. The van der Waals surface area contributed by atoms with Crippen LogP contribution in [0.25, 0.3) is 0 Å². The highest BCUT2D eigenvalue weighted by molar-refractivity contribution is 7.89. The number of nitro benzene ring substituents is 1. The molecule has 27 heavy (non-hydrogen) atoms. The van der Waals surface area contributed by atoms with Crippen molar-refractivity contribution in [2.75, 3.05) is 24.5 Å². The topological polar surface area (TPSA) is 83.8 Å². The van der Waals surface area contributed by atoms with Crippen LogP contribution in [0.1, 0.15) is 12.5 Å². The largest absolute Gasteiger partial charge is 0.367 e. The lowest BCUT2D eigenvalue weighted by molar-refractivity contribution is -0.384. The third-order valence-corrected chi connectivity index (χ3v) is 7.01. The van der Waals surface area contributed by atoms with Gasteiger partial charge in [0.15, 0.2) is 0 Å². The van der Waals surface area contributed by atoms with Crippen LogP contribution in [0.15, 0.2) is 47.4 Å². The van der Waals surface area contributed by atoms with Gasteiger partial charge in [-0.2, -0.15) is 4.31 Å². The van der Waals surface area contributed by atoms with Crippen LogP contribution in [0.4, 0.5) is 11.4 Å². The van der Waals surface area contributed by atoms with Crippen LogP contribution in [0.5, 0.6) is 0 Å². The maximum Gasteiger partial charge on any atom is 0.271 e. The Hall–Kier alpha value is -2.16. The van der Waals surface area contributed by atoms with Gasteiger partial charge in [0, 0.05) is 37.8 Å². The van der Waals surface area contributed by atoms with Gasteiger partial charge in [0.05, 0.1) is 20.5 Å². The summed E-state index contributed by atoms with van der Waals surface area (Å²) in [5.41, 5.74) is 1.60. The van der Waals surface area contributed by atoms with Crippen molar-refractivity contribution in [1.82, 2.24) is 4.31 Å². The summed E-state index contributed by atoms with van der Waals surface area (Å²) in [4.78, 5) is 12.6. The molecule has 1 unspecified atom stereocenters. The number of hydrogen-bond donors (Lipinski definition) is 0. The van der Waals surface area contributed by atoms with Crippen LogP contribution in [-0.2, 0) is 10.0 Å². The van der Waals surface area contributed by atoms with E-state index in [1.54, 1.807) is 30.3 Å². The van der Waals surface area contributed by atoms with E-state index >= 15 is 0 Å². The van der Waals surface area contributed by atoms with Crippen LogP contribution < -0.4 is 4.90 Å². The first-order valence-corrected chi connectivity index (χ1v) is 10.3. The Bertz CT molecular complexity index is 963. The minimum absolute atomic E-state index is 0.0719. The molecule has 0 saturated carbocycles. The van der Waals surface area contributed by atoms with E-state index in [9.17, 15) is 18.5 Å². The number of piperazine rings is 1. The van der Waals surface area contributed by atoms with Crippen LogP contribution >= 0.6 is 11.6 Å². The number of nitrogens with zero attached hydrogens (tertiary/aromatic N) is 3. The SMILES string of the molecule is Cc1ccc(S(=O)(=O)N2CCN(c3ccc([N+](=O)[O-])cc3Cl)CC2C)cc1. The molecule has 1 atom stereocenters. The number of benzene rings is 2. The molecular weight excluding hydrogens is 390 g/mol. The minimum atomic E-state index is -3.58. The van der Waals surface area contributed by atoms with Gasteiger partial charge in [-0.1, -0.05) is 29.3 Å². The number of aryl methyl sites for hydroxylation is 1. The first kappa shape index (κ1) is 19.6. The van der Waals surface area contributed by atoms with Crippen molar-refractivity contribution in [2.45, 2.75) is 24.8 Å². The van der Waals surface area contributed by atoms with E-state index in [4.69, 9.17) is 11.6 Å². The number of non-ortho nitro benzene ring substituents is 1. The molecule has 1 fully saturated rings. The highest BCUT2D eigenvalue weighted by atomic mass is 35.5. The van der Waals surface area contributed by atoms with Crippen LogP contribution in [0.3, 0.4) is 0 Å². The molecule has 0 radical (unpaired) electrons. The predicted molar refractivity (Wildman–Crippen MR) is 105 cm³/mol. The maximum absolute atomic E-state index is 12.9. The molecule has 1 aliphatic rings. The second-order valence-electron chi connectivity index (χ2n) is 6.62. The highest BCUT2D eigenvalue weighted by Gasteiger charge is 2.34. The Kier molecular flexibility index (Phi) is 5.41. The summed E-state index contributed by atoms with van der Waals surface area (Å²) in [5.74, 6) is 0. The second kappa shape index (κ2) is 7.46. The molecule has 1 aliphatic heterocycles. The summed E-state index contributed by atoms with van der Waals surface area (Å²) >= 11 is 6.21. The van der Waals surface area contributed by atoms with Crippen molar-refractivity contribution in [1.29, 1.82) is 0 Å². The van der Waals surface area contributed by atoms with Gasteiger partial charge in [-0.05, 0) is 32.0 Å². The van der Waals surface area contributed by atoms with E-state index in [1.165, 1.54) is 16.4 Å². The minimum Gasteiger partial charge on any atom is -0.367 e. The Morgan fingerprint density at radius 3 is 2.37 bits per heavy atom. The first-order chi connectivity index (χ1) is 12.7. The van der Waals surface area contributed by atoms with Gasteiger partial charge < -0.3 is 4.90 Å². The van der Waals surface area contributed by atoms with Gasteiger partial charge in [0.1, 0.15) is 0 Å². The van der Waals surface area contributed by atoms with Crippen LogP contribution in [0.2, 0.25) is 5.02 Å². The van der Waals surface area contributed by atoms with E-state index < -0.39 is 14.9 Å². The molecule has 7 nitrogen and oxygen atoms in total. The fourth-order valence-electron chi connectivity index (χ4n) is 3.23. The monoisotopic (exact) mass is 409 g/mol. The van der Waals surface area contributed by atoms with E-state index in [-0.39, 0.29) is 21.6 Å². The van der Waals surface area contributed by atoms with Gasteiger partial charge in [-0.25, -0.2) is 8.42 Å². The molecule has 0 aliphatic carbocycles. The van der Waals surface area contributed by atoms with E-state index in [2.05, 4.69) is 0 Å². The van der Waals surface area contributed by atoms with Crippen molar-refractivity contribution in [2.24, 2.45) is 0 Å². The summed E-state index contributed by atoms with van der Waals surface area (Å²) in [5, 5.41) is 11.1. The Morgan fingerprint density at radius 1 is 1.15 bits per heavy atom. The average Bonchev–Trinajstić information content (AvgIpc) is 2.61. The van der Waals surface area contributed by atoms with Crippen molar-refractivity contribution < 1.29 is 13.3 Å². The fourth-order valence-corrected chi connectivity index (χ4v) is 5.14. The predicted octanol–water partition coefficient (Wildman–Crippen LogP) is 3.46. The zero-order valence-electron chi connectivity index (χ0n) is 15.0. The highest BCUT2D eigenvalue weighted by Crippen LogP contribution is 2.32. The maximum atomic E-state index is 12.9. The Morgan fingerprint density at radius 2 is 1.81 bits per heavy atom. The molecule has 2 aromatic carbocycles. The number of anilines is 1. The molecule has 3 rings (SSSR count). The number of sulfonamides is 1. The number of hydrogen-bond acceptors (Lipinski definition) is 5. The molecule has 9 heteroatoms. The molecule has 0 aromatic heterocycles. The number of nitro groups is 1. The summed E-state index contributed by atoms with van der Waals surface area (Å²) in [6.07, 6.45) is 0. The molecule has 1 heterocycles. The second-order valence-corrected chi connectivity index (χ2v) is 8.91. The lowest BCUT2D eigenvalue weighted by Crippen LogP contribution is -2.54. The van der Waals surface area contributed by atoms with Crippen molar-refractivity contribution in [3.63, 3.8) is 0 Å². The van der Waals surface area contributed by atoms with Gasteiger partial charge in [0.25, 0.3) is 5.69 Å². The van der Waals surface area contributed by atoms with Crippen molar-refractivity contribution >= 4 is 33.0 Å². The summed E-state index contributed by atoms with van der Waals surface area (Å²) in [6.45, 7) is 4.96. The zero-order chi connectivity index (χ0) is 19.8. The molecule has 2 aromatic rings. The van der Waals surface area contributed by atoms with Crippen LogP contribution in [-0.4, -0.2) is 43.3 Å². The van der Waals surface area contributed by atoms with Crippen molar-refractivity contribution in [3.05, 3.63) is 63.2 Å². The lowest BCUT2D eigenvalue weighted by Gasteiger charge is -2.40. The summed E-state index contributed by atoms with van der Waals surface area (Å²) in [7, 11) is -3.58. The molecule has 1 saturated heterocycles. The Labute approximate surface area is 163 Å². The molecule has 0 bridgehead atoms. The first-order valence-electron chi connectivity index (χ1n) is 8.47. The molecule has 144 valence electrons. The summed E-state index contributed by atoms with van der Waals surface area (Å²) in [6, 6.07) is 10.9. The Balaban J connectivity index is 1.80. The molecule has 0 N–H and O–H groups in total. The number of halogens is 1. The molecule has 0 amide bonds. The molecule has 0 spiro atoms. The van der Waals surface area contributed by atoms with Crippen LogP contribution in [0, 0.1) is 17.0 Å². The smallest absolute Gasteiger partial charge is 0.271 e. The average molecular weight is 410 g/mol. The van der Waals surface area contributed by atoms with Gasteiger partial charge in [-0.15, -0.1) is 0 Å². The van der Waals surface area contributed by atoms with E-state index in [0.717, 1.165) is 5.56 Å². The summed E-state index contributed by atoms with van der Waals surface area (Å²) < 4.78 is 27.4. The van der Waals surface area contributed by atoms with E-state index in [0.29, 0.717) is 25.3 Å². The lowest BCUT2D eigenvalue weighted by atomic mass is 10.2. The zero-order valence-corrected chi connectivity index (χ0v) is 16.6. The fraction of sp³-hybridized carbons (Fsp3) is 0.333. The third-order valence-electron chi connectivity index (χ3n) is 4.68. The van der Waals surface area contributed by atoms with Crippen molar-refractivity contribution in [3.8, 4) is 0 Å².